The fourth-order valence-corrected chi connectivity index (χ4v) is 1.88. The van der Waals surface area contributed by atoms with Gasteiger partial charge in [0.2, 0.25) is 0 Å². The average Bonchev–Trinajstić information content (AvgIpc) is 2.46. The SMILES string of the molecule is O=C(COc1ccccc1[N+](=O)[O-])N1CCNCC1. The minimum absolute atomic E-state index is 0.121. The van der Waals surface area contributed by atoms with Crippen LogP contribution < -0.4 is 10.1 Å². The van der Waals surface area contributed by atoms with E-state index in [0.29, 0.717) is 13.1 Å². The van der Waals surface area contributed by atoms with Gasteiger partial charge in [0.15, 0.2) is 12.4 Å². The van der Waals surface area contributed by atoms with Gasteiger partial charge in [-0.3, -0.25) is 14.9 Å². The molecule has 1 fully saturated rings. The summed E-state index contributed by atoms with van der Waals surface area (Å²) in [5.74, 6) is -0.0318. The van der Waals surface area contributed by atoms with E-state index in [1.165, 1.54) is 12.1 Å². The number of benzene rings is 1. The first kappa shape index (κ1) is 13.3. The lowest BCUT2D eigenvalue weighted by Gasteiger charge is -2.27. The van der Waals surface area contributed by atoms with Crippen molar-refractivity contribution in [3.8, 4) is 5.75 Å². The van der Waals surface area contributed by atoms with E-state index in [9.17, 15) is 14.9 Å². The van der Waals surface area contributed by atoms with Crippen LogP contribution >= 0.6 is 0 Å². The molecule has 7 nitrogen and oxygen atoms in total. The molecule has 0 unspecified atom stereocenters. The lowest BCUT2D eigenvalue weighted by atomic mass is 10.3. The minimum atomic E-state index is -0.523. The largest absolute Gasteiger partial charge is 0.477 e. The first-order chi connectivity index (χ1) is 9.18. The maximum Gasteiger partial charge on any atom is 0.310 e. The number of nitro groups is 1. The summed E-state index contributed by atoms with van der Waals surface area (Å²) < 4.78 is 5.26. The highest BCUT2D eigenvalue weighted by atomic mass is 16.6. The highest BCUT2D eigenvalue weighted by Crippen LogP contribution is 2.25. The molecule has 0 aromatic heterocycles. The first-order valence-corrected chi connectivity index (χ1v) is 6.03. The third kappa shape index (κ3) is 3.41. The number of piperazine rings is 1. The van der Waals surface area contributed by atoms with Crippen LogP contribution in [0, 0.1) is 10.1 Å². The molecule has 1 aromatic carbocycles. The summed E-state index contributed by atoms with van der Waals surface area (Å²) in [4.78, 5) is 23.8. The van der Waals surface area contributed by atoms with Crippen LogP contribution in [0.15, 0.2) is 24.3 Å². The molecule has 1 aromatic rings. The summed E-state index contributed by atoms with van der Waals surface area (Å²) in [6.45, 7) is 2.62. The maximum absolute atomic E-state index is 11.9. The second-order valence-corrected chi connectivity index (χ2v) is 4.14. The van der Waals surface area contributed by atoms with Crippen molar-refractivity contribution in [2.45, 2.75) is 0 Å². The molecule has 1 heterocycles. The van der Waals surface area contributed by atoms with E-state index in [2.05, 4.69) is 5.32 Å². The van der Waals surface area contributed by atoms with Crippen molar-refractivity contribution in [2.75, 3.05) is 32.8 Å². The van der Waals surface area contributed by atoms with Gasteiger partial charge in [-0.2, -0.15) is 0 Å². The van der Waals surface area contributed by atoms with Crippen LogP contribution in [0.2, 0.25) is 0 Å². The predicted molar refractivity (Wildman–Crippen MR) is 68.0 cm³/mol. The average molecular weight is 265 g/mol. The second kappa shape index (κ2) is 6.14. The molecule has 0 bridgehead atoms. The van der Waals surface area contributed by atoms with Crippen LogP contribution in [-0.2, 0) is 4.79 Å². The third-order valence-corrected chi connectivity index (χ3v) is 2.88. The Bertz CT molecular complexity index is 472. The molecule has 0 spiro atoms. The number of nitrogens with one attached hydrogen (secondary N) is 1. The van der Waals surface area contributed by atoms with Crippen molar-refractivity contribution < 1.29 is 14.5 Å². The van der Waals surface area contributed by atoms with E-state index < -0.39 is 4.92 Å². The molecule has 0 saturated carbocycles. The molecule has 1 amide bonds. The van der Waals surface area contributed by atoms with Crippen LogP contribution in [0.3, 0.4) is 0 Å². The van der Waals surface area contributed by atoms with Crippen LogP contribution in [0.5, 0.6) is 5.75 Å². The molecular weight excluding hydrogens is 250 g/mol. The summed E-state index contributed by atoms with van der Waals surface area (Å²) in [7, 11) is 0. The van der Waals surface area contributed by atoms with E-state index in [1.54, 1.807) is 17.0 Å². The van der Waals surface area contributed by atoms with Gasteiger partial charge < -0.3 is 15.0 Å². The van der Waals surface area contributed by atoms with E-state index in [4.69, 9.17) is 4.74 Å². The Labute approximate surface area is 110 Å². The Balaban J connectivity index is 1.94. The molecule has 1 N–H and O–H groups in total. The Morgan fingerprint density at radius 1 is 1.37 bits per heavy atom. The number of carbonyl (C=O) groups is 1. The monoisotopic (exact) mass is 265 g/mol. The fraction of sp³-hybridized carbons (Fsp3) is 0.417. The summed E-state index contributed by atoms with van der Waals surface area (Å²) >= 11 is 0. The van der Waals surface area contributed by atoms with Crippen LogP contribution in [0.25, 0.3) is 0 Å². The Kier molecular flexibility index (Phi) is 4.30. The quantitative estimate of drug-likeness (QED) is 0.629. The minimum Gasteiger partial charge on any atom is -0.477 e. The van der Waals surface area contributed by atoms with Crippen LogP contribution in [0.4, 0.5) is 5.69 Å². The van der Waals surface area contributed by atoms with Gasteiger partial charge in [-0.1, -0.05) is 12.1 Å². The molecule has 0 radical (unpaired) electrons. The fourth-order valence-electron chi connectivity index (χ4n) is 1.88. The first-order valence-electron chi connectivity index (χ1n) is 6.03. The van der Waals surface area contributed by atoms with E-state index in [-0.39, 0.29) is 24.0 Å². The number of para-hydroxylation sites is 2. The lowest BCUT2D eigenvalue weighted by molar-refractivity contribution is -0.385. The maximum atomic E-state index is 11.9. The molecule has 7 heteroatoms. The molecule has 102 valence electrons. The normalized spacial score (nSPS) is 15.1. The number of nitro benzene ring substituents is 1. The zero-order valence-corrected chi connectivity index (χ0v) is 10.4. The number of hydrogen-bond donors (Lipinski definition) is 1. The lowest BCUT2D eigenvalue weighted by Crippen LogP contribution is -2.47. The zero-order valence-electron chi connectivity index (χ0n) is 10.4. The van der Waals surface area contributed by atoms with Crippen molar-refractivity contribution in [3.63, 3.8) is 0 Å². The van der Waals surface area contributed by atoms with Gasteiger partial charge in [0.05, 0.1) is 4.92 Å². The van der Waals surface area contributed by atoms with Gasteiger partial charge >= 0.3 is 5.69 Å². The molecule has 1 aliphatic heterocycles. The summed E-state index contributed by atoms with van der Waals surface area (Å²) in [5, 5.41) is 13.9. The Morgan fingerprint density at radius 3 is 2.74 bits per heavy atom. The molecule has 1 saturated heterocycles. The van der Waals surface area contributed by atoms with Crippen molar-refractivity contribution in [2.24, 2.45) is 0 Å². The summed E-state index contributed by atoms with van der Waals surface area (Å²) in [5.41, 5.74) is -0.129. The van der Waals surface area contributed by atoms with Crippen molar-refractivity contribution in [3.05, 3.63) is 34.4 Å². The highest BCUT2D eigenvalue weighted by Gasteiger charge is 2.19. The summed E-state index contributed by atoms with van der Waals surface area (Å²) in [6.07, 6.45) is 0. The molecule has 2 rings (SSSR count). The van der Waals surface area contributed by atoms with Gasteiger partial charge in [-0.25, -0.2) is 0 Å². The van der Waals surface area contributed by atoms with Crippen LogP contribution in [-0.4, -0.2) is 48.5 Å². The second-order valence-electron chi connectivity index (χ2n) is 4.14. The summed E-state index contributed by atoms with van der Waals surface area (Å²) in [6, 6.07) is 6.04. The van der Waals surface area contributed by atoms with E-state index in [0.717, 1.165) is 13.1 Å². The van der Waals surface area contributed by atoms with Crippen molar-refractivity contribution >= 4 is 11.6 Å². The van der Waals surface area contributed by atoms with Crippen molar-refractivity contribution in [1.82, 2.24) is 10.2 Å². The zero-order chi connectivity index (χ0) is 13.7. The standard InChI is InChI=1S/C12H15N3O4/c16-12(14-7-5-13-6-8-14)9-19-11-4-2-1-3-10(11)15(17)18/h1-4,13H,5-9H2. The molecular formula is C12H15N3O4. The number of nitrogens with zero attached hydrogens (tertiary/aromatic N) is 2. The van der Waals surface area contributed by atoms with Gasteiger partial charge in [-0.05, 0) is 6.07 Å². The number of hydrogen-bond acceptors (Lipinski definition) is 5. The topological polar surface area (TPSA) is 84.7 Å². The van der Waals surface area contributed by atoms with Gasteiger partial charge in [0, 0.05) is 32.2 Å². The van der Waals surface area contributed by atoms with Gasteiger partial charge in [-0.15, -0.1) is 0 Å². The van der Waals surface area contributed by atoms with E-state index in [1.807, 2.05) is 0 Å². The highest BCUT2D eigenvalue weighted by molar-refractivity contribution is 5.78. The molecule has 19 heavy (non-hydrogen) atoms. The van der Waals surface area contributed by atoms with Crippen molar-refractivity contribution in [1.29, 1.82) is 0 Å². The molecule has 0 atom stereocenters. The number of amides is 1. The number of carbonyl (C=O) groups excluding carboxylic acids is 1. The Morgan fingerprint density at radius 2 is 2.05 bits per heavy atom. The van der Waals surface area contributed by atoms with Crippen LogP contribution in [0.1, 0.15) is 0 Å². The third-order valence-electron chi connectivity index (χ3n) is 2.88. The molecule has 0 aliphatic carbocycles. The number of ether oxygens (including phenoxy) is 1. The molecule has 1 aliphatic rings. The van der Waals surface area contributed by atoms with Gasteiger partial charge in [0.1, 0.15) is 0 Å². The van der Waals surface area contributed by atoms with Gasteiger partial charge in [0.25, 0.3) is 5.91 Å². The smallest absolute Gasteiger partial charge is 0.310 e. The Hall–Kier alpha value is -2.15. The predicted octanol–water partition coefficient (Wildman–Crippen LogP) is 0.405. The number of rotatable bonds is 4. The van der Waals surface area contributed by atoms with E-state index >= 15 is 0 Å².